The number of ether oxygens (including phenoxy) is 1. The molecule has 2 aromatic rings. The molecule has 6 heteroatoms. The first-order chi connectivity index (χ1) is 9.47. The summed E-state index contributed by atoms with van der Waals surface area (Å²) in [6.07, 6.45) is 0. The van der Waals surface area contributed by atoms with Crippen LogP contribution in [0.3, 0.4) is 0 Å². The van der Waals surface area contributed by atoms with Crippen LogP contribution in [0.5, 0.6) is 5.75 Å². The maximum atomic E-state index is 10.9. The first-order valence-electron chi connectivity index (χ1n) is 5.57. The van der Waals surface area contributed by atoms with Gasteiger partial charge in [-0.1, -0.05) is 28.1 Å². The molecule has 3 nitrogen and oxygen atoms in total. The number of carbonyl (C=O) groups is 1. The normalized spacial score (nSPS) is 10.3. The van der Waals surface area contributed by atoms with E-state index in [1.165, 1.54) is 12.1 Å². The summed E-state index contributed by atoms with van der Waals surface area (Å²) < 4.78 is 7.91. The number of carboxylic acid groups (broad SMARTS) is 1. The standard InChI is InChI=1S/C14H9Br3O3/c15-10-3-1-2-8(4-10)7-20-13-11(16)5-9(14(18)19)6-12(13)17/h1-6H,7H2,(H,18,19). The van der Waals surface area contributed by atoms with Gasteiger partial charge in [0.15, 0.2) is 0 Å². The van der Waals surface area contributed by atoms with E-state index >= 15 is 0 Å². The maximum Gasteiger partial charge on any atom is 0.335 e. The summed E-state index contributed by atoms with van der Waals surface area (Å²) in [5.74, 6) is -0.403. The Morgan fingerprint density at radius 3 is 2.30 bits per heavy atom. The van der Waals surface area contributed by atoms with Gasteiger partial charge < -0.3 is 9.84 Å². The van der Waals surface area contributed by atoms with Crippen LogP contribution in [-0.2, 0) is 6.61 Å². The van der Waals surface area contributed by atoms with E-state index in [0.717, 1.165) is 10.0 Å². The molecule has 2 aromatic carbocycles. The SMILES string of the molecule is O=C(O)c1cc(Br)c(OCc2cccc(Br)c2)c(Br)c1. The number of hydrogen-bond donors (Lipinski definition) is 1. The van der Waals surface area contributed by atoms with Gasteiger partial charge in [0, 0.05) is 4.47 Å². The number of aromatic carboxylic acids is 1. The Morgan fingerprint density at radius 1 is 1.10 bits per heavy atom. The lowest BCUT2D eigenvalue weighted by molar-refractivity contribution is 0.0696. The fraction of sp³-hybridized carbons (Fsp3) is 0.0714. The Hall–Kier alpha value is -0.850. The van der Waals surface area contributed by atoms with E-state index in [9.17, 15) is 4.79 Å². The third kappa shape index (κ3) is 3.84. The highest BCUT2D eigenvalue weighted by atomic mass is 79.9. The molecule has 20 heavy (non-hydrogen) atoms. The summed E-state index contributed by atoms with van der Waals surface area (Å²) in [7, 11) is 0. The van der Waals surface area contributed by atoms with Gasteiger partial charge in [0.1, 0.15) is 12.4 Å². The summed E-state index contributed by atoms with van der Waals surface area (Å²) >= 11 is 10.1. The summed E-state index contributed by atoms with van der Waals surface area (Å²) in [6.45, 7) is 0.392. The molecule has 0 unspecified atom stereocenters. The quantitative estimate of drug-likeness (QED) is 0.672. The molecule has 0 radical (unpaired) electrons. The molecule has 0 saturated carbocycles. The Bertz CT molecular complexity index is 633. The van der Waals surface area contributed by atoms with Crippen molar-refractivity contribution in [3.8, 4) is 5.75 Å². The maximum absolute atomic E-state index is 10.9. The molecule has 0 atom stereocenters. The summed E-state index contributed by atoms with van der Waals surface area (Å²) in [4.78, 5) is 10.9. The highest BCUT2D eigenvalue weighted by molar-refractivity contribution is 9.11. The van der Waals surface area contributed by atoms with Crippen LogP contribution >= 0.6 is 47.8 Å². The van der Waals surface area contributed by atoms with Crippen LogP contribution in [-0.4, -0.2) is 11.1 Å². The van der Waals surface area contributed by atoms with Gasteiger partial charge in [-0.3, -0.25) is 0 Å². The predicted octanol–water partition coefficient (Wildman–Crippen LogP) is 5.25. The van der Waals surface area contributed by atoms with Gasteiger partial charge in [-0.05, 0) is 61.7 Å². The van der Waals surface area contributed by atoms with E-state index in [0.29, 0.717) is 21.3 Å². The summed E-state index contributed by atoms with van der Waals surface area (Å²) in [5, 5.41) is 8.98. The lowest BCUT2D eigenvalue weighted by atomic mass is 10.2. The number of carboxylic acids is 1. The number of halogens is 3. The molecule has 0 heterocycles. The van der Waals surface area contributed by atoms with E-state index < -0.39 is 5.97 Å². The van der Waals surface area contributed by atoms with Crippen LogP contribution < -0.4 is 4.74 Å². The fourth-order valence-corrected chi connectivity index (χ4v) is 3.47. The molecular formula is C14H9Br3O3. The summed E-state index contributed by atoms with van der Waals surface area (Å²) in [6, 6.07) is 10.8. The van der Waals surface area contributed by atoms with Crippen molar-refractivity contribution in [3.63, 3.8) is 0 Å². The number of benzene rings is 2. The van der Waals surface area contributed by atoms with Crippen LogP contribution in [0.25, 0.3) is 0 Å². The molecule has 104 valence electrons. The van der Waals surface area contributed by atoms with Gasteiger partial charge in [-0.25, -0.2) is 4.79 Å². The molecule has 1 N–H and O–H groups in total. The van der Waals surface area contributed by atoms with Crippen molar-refractivity contribution in [1.82, 2.24) is 0 Å². The average Bonchev–Trinajstić information content (AvgIpc) is 2.37. The first-order valence-corrected chi connectivity index (χ1v) is 7.95. The smallest absolute Gasteiger partial charge is 0.335 e. The number of rotatable bonds is 4. The lowest BCUT2D eigenvalue weighted by Crippen LogP contribution is -2.00. The van der Waals surface area contributed by atoms with Crippen LogP contribution in [0.15, 0.2) is 49.8 Å². The molecule has 0 aliphatic carbocycles. The third-order valence-electron chi connectivity index (χ3n) is 2.52. The molecule has 0 aliphatic heterocycles. The Morgan fingerprint density at radius 2 is 1.75 bits per heavy atom. The van der Waals surface area contributed by atoms with Crippen molar-refractivity contribution in [2.24, 2.45) is 0 Å². The lowest BCUT2D eigenvalue weighted by Gasteiger charge is -2.11. The van der Waals surface area contributed by atoms with Gasteiger partial charge >= 0.3 is 5.97 Å². The molecule has 0 aromatic heterocycles. The van der Waals surface area contributed by atoms with Crippen LogP contribution in [0.4, 0.5) is 0 Å². The van der Waals surface area contributed by atoms with Crippen molar-refractivity contribution in [2.45, 2.75) is 6.61 Å². The molecule has 2 rings (SSSR count). The first kappa shape index (κ1) is 15.5. The molecule has 0 spiro atoms. The zero-order valence-electron chi connectivity index (χ0n) is 10.1. The van der Waals surface area contributed by atoms with Crippen molar-refractivity contribution < 1.29 is 14.6 Å². The zero-order valence-corrected chi connectivity index (χ0v) is 14.8. The monoisotopic (exact) mass is 462 g/mol. The molecule has 0 saturated heterocycles. The van der Waals surface area contributed by atoms with Crippen molar-refractivity contribution in [1.29, 1.82) is 0 Å². The van der Waals surface area contributed by atoms with Crippen LogP contribution in [0.2, 0.25) is 0 Å². The van der Waals surface area contributed by atoms with E-state index in [1.807, 2.05) is 24.3 Å². The van der Waals surface area contributed by atoms with E-state index in [1.54, 1.807) is 0 Å². The molecular weight excluding hydrogens is 456 g/mol. The van der Waals surface area contributed by atoms with E-state index in [-0.39, 0.29) is 5.56 Å². The highest BCUT2D eigenvalue weighted by Crippen LogP contribution is 2.35. The van der Waals surface area contributed by atoms with Crippen molar-refractivity contribution >= 4 is 53.8 Å². The van der Waals surface area contributed by atoms with Gasteiger partial charge in [0.25, 0.3) is 0 Å². The summed E-state index contributed by atoms with van der Waals surface area (Å²) in [5.41, 5.74) is 1.21. The van der Waals surface area contributed by atoms with Gasteiger partial charge in [-0.2, -0.15) is 0 Å². The molecule has 0 amide bonds. The average molecular weight is 465 g/mol. The zero-order chi connectivity index (χ0) is 14.7. The van der Waals surface area contributed by atoms with Gasteiger partial charge in [0.2, 0.25) is 0 Å². The Balaban J connectivity index is 2.20. The largest absolute Gasteiger partial charge is 0.487 e. The third-order valence-corrected chi connectivity index (χ3v) is 4.19. The second kappa shape index (κ2) is 6.74. The number of hydrogen-bond acceptors (Lipinski definition) is 2. The van der Waals surface area contributed by atoms with Gasteiger partial charge in [-0.15, -0.1) is 0 Å². The van der Waals surface area contributed by atoms with Crippen molar-refractivity contribution in [2.75, 3.05) is 0 Å². The minimum atomic E-state index is -0.982. The minimum Gasteiger partial charge on any atom is -0.487 e. The highest BCUT2D eigenvalue weighted by Gasteiger charge is 2.12. The molecule has 0 aliphatic rings. The van der Waals surface area contributed by atoms with Crippen LogP contribution in [0, 0.1) is 0 Å². The van der Waals surface area contributed by atoms with Crippen LogP contribution in [0.1, 0.15) is 15.9 Å². The Labute approximate surface area is 141 Å². The van der Waals surface area contributed by atoms with E-state index in [2.05, 4.69) is 47.8 Å². The van der Waals surface area contributed by atoms with Crippen molar-refractivity contribution in [3.05, 3.63) is 60.9 Å². The molecule has 0 fully saturated rings. The van der Waals surface area contributed by atoms with Gasteiger partial charge in [0.05, 0.1) is 14.5 Å². The fourth-order valence-electron chi connectivity index (χ4n) is 1.60. The minimum absolute atomic E-state index is 0.193. The topological polar surface area (TPSA) is 46.5 Å². The predicted molar refractivity (Wildman–Crippen MR) is 87.3 cm³/mol. The van der Waals surface area contributed by atoms with E-state index in [4.69, 9.17) is 9.84 Å². The molecule has 0 bridgehead atoms. The second-order valence-corrected chi connectivity index (χ2v) is 6.62. The second-order valence-electron chi connectivity index (χ2n) is 3.99. The Kier molecular flexibility index (Phi) is 5.23.